The van der Waals surface area contributed by atoms with Gasteiger partial charge in [0, 0.05) is 40.5 Å². The van der Waals surface area contributed by atoms with Gasteiger partial charge in [0.2, 0.25) is 0 Å². The lowest BCUT2D eigenvalue weighted by Gasteiger charge is -2.46. The van der Waals surface area contributed by atoms with Gasteiger partial charge in [0.05, 0.1) is 24.6 Å². The lowest BCUT2D eigenvalue weighted by atomic mass is 9.61. The van der Waals surface area contributed by atoms with E-state index in [0.29, 0.717) is 12.4 Å². The minimum absolute atomic E-state index is 0.00612. The summed E-state index contributed by atoms with van der Waals surface area (Å²) in [4.78, 5) is 12.3. The molecule has 15 heteroatoms. The molecule has 7 nitrogen and oxygen atoms in total. The molecule has 2 aromatic carbocycles. The van der Waals surface area contributed by atoms with Crippen LogP contribution in [0.3, 0.4) is 0 Å². The van der Waals surface area contributed by atoms with Gasteiger partial charge in [-0.2, -0.15) is 26.3 Å². The molecule has 2 saturated carbocycles. The highest BCUT2D eigenvalue weighted by Gasteiger charge is 2.63. The van der Waals surface area contributed by atoms with Gasteiger partial charge in [-0.25, -0.2) is 4.99 Å². The molecule has 2 atom stereocenters. The van der Waals surface area contributed by atoms with Crippen molar-refractivity contribution in [1.29, 1.82) is 0 Å². The summed E-state index contributed by atoms with van der Waals surface area (Å²) in [5, 5.41) is 0. The maximum absolute atomic E-state index is 13.1. The van der Waals surface area contributed by atoms with Crippen LogP contribution in [-0.2, 0) is 33.4 Å². The van der Waals surface area contributed by atoms with Gasteiger partial charge >= 0.3 is 12.4 Å². The predicted octanol–water partition coefficient (Wildman–Crippen LogP) is 9.04. The molecule has 2 N–H and O–H groups in total. The van der Waals surface area contributed by atoms with Gasteiger partial charge in [0.25, 0.3) is 0 Å². The maximum Gasteiger partial charge on any atom is 0.406 e. The van der Waals surface area contributed by atoms with Crippen molar-refractivity contribution in [2.75, 3.05) is 40.4 Å². The fraction of sp³-hybridized carbons (Fsp3) is 0.641. The van der Waals surface area contributed by atoms with Crippen molar-refractivity contribution in [1.82, 2.24) is 9.80 Å². The van der Waals surface area contributed by atoms with Gasteiger partial charge in [0.1, 0.15) is 24.2 Å². The summed E-state index contributed by atoms with van der Waals surface area (Å²) >= 11 is 7.06. The van der Waals surface area contributed by atoms with E-state index in [4.69, 9.17) is 25.2 Å². The molecule has 296 valence electrons. The van der Waals surface area contributed by atoms with E-state index in [1.165, 1.54) is 20.9 Å². The fourth-order valence-corrected chi connectivity index (χ4v) is 11.5. The van der Waals surface area contributed by atoms with Gasteiger partial charge in [-0.15, -0.1) is 0 Å². The molecule has 0 amide bonds. The van der Waals surface area contributed by atoms with Crippen LogP contribution in [0, 0.1) is 10.8 Å². The highest BCUT2D eigenvalue weighted by atomic mass is 79.9. The third kappa shape index (κ3) is 6.99. The Bertz CT molecular complexity index is 1670. The lowest BCUT2D eigenvalue weighted by Crippen LogP contribution is -2.49. The second-order valence-corrected chi connectivity index (χ2v) is 18.0. The number of benzene rings is 2. The average molecular weight is 892 g/mol. The summed E-state index contributed by atoms with van der Waals surface area (Å²) in [5.74, 6) is 0.488. The maximum atomic E-state index is 13.1. The van der Waals surface area contributed by atoms with E-state index in [0.717, 1.165) is 84.3 Å². The van der Waals surface area contributed by atoms with Crippen LogP contribution in [0.15, 0.2) is 55.3 Å². The number of fused-ring (bicyclic) bond motifs is 6. The number of alkyl halides is 6. The smallest absolute Gasteiger partial charge is 0.381 e. The number of ether oxygens (including phenoxy) is 2. The molecular formula is C39H47Br2F6N5O2. The topological polar surface area (TPSA) is 75.7 Å². The van der Waals surface area contributed by atoms with E-state index in [-0.39, 0.29) is 35.5 Å². The molecular weight excluding hydrogens is 844 g/mol. The van der Waals surface area contributed by atoms with Crippen molar-refractivity contribution in [3.05, 3.63) is 67.6 Å². The minimum atomic E-state index is -4.31. The van der Waals surface area contributed by atoms with Gasteiger partial charge in [-0.3, -0.25) is 4.99 Å². The zero-order valence-electron chi connectivity index (χ0n) is 30.7. The molecule has 2 aliphatic heterocycles. The van der Waals surface area contributed by atoms with Gasteiger partial charge in [-0.05, 0) is 118 Å². The summed E-state index contributed by atoms with van der Waals surface area (Å²) in [5.41, 5.74) is 8.85. The molecule has 0 saturated heterocycles. The van der Waals surface area contributed by atoms with Crippen LogP contribution in [0.4, 0.5) is 26.3 Å². The van der Waals surface area contributed by atoms with E-state index in [2.05, 4.69) is 50.1 Å². The Morgan fingerprint density at radius 2 is 1.11 bits per heavy atom. The Morgan fingerprint density at radius 3 is 1.54 bits per heavy atom. The van der Waals surface area contributed by atoms with Crippen LogP contribution in [0.5, 0.6) is 0 Å². The third-order valence-electron chi connectivity index (χ3n) is 13.3. The Kier molecular flexibility index (Phi) is 10.5. The van der Waals surface area contributed by atoms with Crippen LogP contribution in [0.25, 0.3) is 0 Å². The number of nitrogens with two attached hydrogens (primary N) is 1. The number of amidine groups is 1. The van der Waals surface area contributed by atoms with E-state index in [9.17, 15) is 26.3 Å². The molecule has 0 bridgehead atoms. The fourth-order valence-electron chi connectivity index (χ4n) is 10.7. The molecule has 4 aliphatic carbocycles. The van der Waals surface area contributed by atoms with Gasteiger partial charge in [-0.1, -0.05) is 44.0 Å². The quantitative estimate of drug-likeness (QED) is 0.311. The average Bonchev–Trinajstić information content (AvgIpc) is 3.76. The summed E-state index contributed by atoms with van der Waals surface area (Å²) in [6.07, 6.45) is 0.829. The second kappa shape index (κ2) is 14.2. The molecule has 4 spiro atoms. The van der Waals surface area contributed by atoms with Crippen molar-refractivity contribution in [3.8, 4) is 0 Å². The van der Waals surface area contributed by atoms with Crippen LogP contribution in [0.1, 0.15) is 80.5 Å². The van der Waals surface area contributed by atoms with Crippen molar-refractivity contribution >= 4 is 43.7 Å². The first kappa shape index (κ1) is 39.9. The van der Waals surface area contributed by atoms with Gasteiger partial charge < -0.3 is 25.0 Å². The number of hydrogen-bond donors (Lipinski definition) is 1. The normalized spacial score (nSPS) is 33.0. The first-order valence-corrected chi connectivity index (χ1v) is 20.1. The first-order chi connectivity index (χ1) is 25.4. The van der Waals surface area contributed by atoms with Crippen LogP contribution < -0.4 is 5.73 Å². The zero-order valence-corrected chi connectivity index (χ0v) is 33.9. The molecule has 2 fully saturated rings. The molecule has 0 radical (unpaired) electrons. The van der Waals surface area contributed by atoms with Crippen LogP contribution >= 0.6 is 31.9 Å². The zero-order chi connectivity index (χ0) is 38.9. The Hall–Kier alpha value is -2.36. The van der Waals surface area contributed by atoms with Crippen molar-refractivity contribution in [2.45, 2.75) is 107 Å². The largest absolute Gasteiger partial charge is 0.406 e. The monoisotopic (exact) mass is 889 g/mol. The van der Waals surface area contributed by atoms with E-state index < -0.39 is 36.5 Å². The summed E-state index contributed by atoms with van der Waals surface area (Å²) in [6.45, 7) is 0.193. The summed E-state index contributed by atoms with van der Waals surface area (Å²) in [6, 6.07) is 12.3. The van der Waals surface area contributed by atoms with Crippen molar-refractivity contribution < 1.29 is 35.8 Å². The van der Waals surface area contributed by atoms with E-state index in [1.54, 1.807) is 21.1 Å². The second-order valence-electron chi connectivity index (χ2n) is 16.2. The summed E-state index contributed by atoms with van der Waals surface area (Å²) < 4.78 is 91.5. The van der Waals surface area contributed by atoms with Crippen LogP contribution in [0.2, 0.25) is 0 Å². The van der Waals surface area contributed by atoms with Gasteiger partial charge in [0.15, 0.2) is 5.96 Å². The lowest BCUT2D eigenvalue weighted by molar-refractivity contribution is -0.140. The third-order valence-corrected chi connectivity index (χ3v) is 14.3. The predicted molar refractivity (Wildman–Crippen MR) is 202 cm³/mol. The minimum Gasteiger partial charge on any atom is -0.381 e. The summed E-state index contributed by atoms with van der Waals surface area (Å²) in [7, 11) is 3.46. The number of aliphatic imine (C=N–C) groups is 2. The standard InChI is InChI=1S/C20H24BrF3N2O.C19H23BrF3N3O/c1-13-25-19(11-26(13)12-20(22,23)24)17-9-15(21)4-3-14(17)10-18(19)7-5-16(27-2)6-8-18;1-27-14-4-6-17(7-5-14)9-12-2-3-13(20)8-15(12)18(17)10-26(16(24)25-18)11-19(21,22)23/h3-4,9,16H,5-8,10-12H2,1-2H3;2-3,8,14H,4-7,9-11H2,1H3,(H2,24,25). The number of rotatable bonds is 4. The van der Waals surface area contributed by atoms with E-state index in [1.807, 2.05) is 18.2 Å². The van der Waals surface area contributed by atoms with Crippen molar-refractivity contribution in [2.24, 2.45) is 26.5 Å². The number of guanidine groups is 1. The number of nitrogens with zero attached hydrogens (tertiary/aromatic N) is 4. The first-order valence-electron chi connectivity index (χ1n) is 18.5. The SMILES string of the molecule is COC1CCC2(CC1)Cc1ccc(Br)cc1C21CN(CC(F)(F)F)C(C)=N1.COC1CCC2(CC1)Cc1ccc(Br)cc1C21CN(CC(F)(F)F)C(N)=N1. The molecule has 54 heavy (non-hydrogen) atoms. The molecule has 6 aliphatic rings. The number of hydrogen-bond acceptors (Lipinski definition) is 7. The Labute approximate surface area is 329 Å². The molecule has 2 heterocycles. The number of methoxy groups -OCH3 is 2. The van der Waals surface area contributed by atoms with Crippen molar-refractivity contribution in [3.63, 3.8) is 0 Å². The molecule has 8 rings (SSSR count). The Balaban J connectivity index is 0.000000167. The molecule has 2 unspecified atom stereocenters. The van der Waals surface area contributed by atoms with E-state index >= 15 is 0 Å². The highest BCUT2D eigenvalue weighted by molar-refractivity contribution is 9.10. The highest BCUT2D eigenvalue weighted by Crippen LogP contribution is 2.63. The van der Waals surface area contributed by atoms with Crippen LogP contribution in [-0.4, -0.2) is 86.6 Å². The molecule has 0 aromatic heterocycles. The number of halogens is 8. The Morgan fingerprint density at radius 1 is 0.704 bits per heavy atom. The molecule has 2 aromatic rings.